The van der Waals surface area contributed by atoms with Crippen molar-refractivity contribution in [1.82, 2.24) is 25.3 Å². The van der Waals surface area contributed by atoms with Crippen LogP contribution in [-0.2, 0) is 6.54 Å². The van der Waals surface area contributed by atoms with E-state index in [2.05, 4.69) is 32.2 Å². The number of nitrogens with one attached hydrogen (secondary N) is 1. The van der Waals surface area contributed by atoms with Crippen LogP contribution in [0.1, 0.15) is 19.0 Å². The Morgan fingerprint density at radius 1 is 0.952 bits per heavy atom. The van der Waals surface area contributed by atoms with Gasteiger partial charge in [0.1, 0.15) is 0 Å². The zero-order valence-corrected chi connectivity index (χ0v) is 12.0. The predicted molar refractivity (Wildman–Crippen MR) is 82.6 cm³/mol. The van der Waals surface area contributed by atoms with E-state index >= 15 is 0 Å². The van der Waals surface area contributed by atoms with Crippen molar-refractivity contribution in [1.29, 1.82) is 0 Å². The molecule has 106 valence electrons. The molecule has 5 heteroatoms. The van der Waals surface area contributed by atoms with Gasteiger partial charge in [-0.15, -0.1) is 0 Å². The molecule has 0 spiro atoms. The van der Waals surface area contributed by atoms with Crippen molar-refractivity contribution in [2.75, 3.05) is 6.54 Å². The zero-order valence-electron chi connectivity index (χ0n) is 12.0. The van der Waals surface area contributed by atoms with E-state index in [-0.39, 0.29) is 0 Å². The highest BCUT2D eigenvalue weighted by molar-refractivity contribution is 5.79. The molecular weight excluding hydrogens is 262 g/mol. The van der Waals surface area contributed by atoms with Gasteiger partial charge in [0, 0.05) is 30.7 Å². The maximum Gasteiger partial charge on any atom is 0.159 e. The van der Waals surface area contributed by atoms with Crippen molar-refractivity contribution >= 4 is 11.0 Å². The molecule has 1 aromatic carbocycles. The first-order valence-corrected chi connectivity index (χ1v) is 7.10. The molecule has 3 rings (SSSR count). The summed E-state index contributed by atoms with van der Waals surface area (Å²) in [5.41, 5.74) is 3.68. The third-order valence-electron chi connectivity index (χ3n) is 3.17. The van der Waals surface area contributed by atoms with E-state index in [9.17, 15) is 0 Å². The highest BCUT2D eigenvalue weighted by atomic mass is 14.9. The van der Waals surface area contributed by atoms with Crippen LogP contribution in [0.2, 0.25) is 0 Å². The minimum absolute atomic E-state index is 0.721. The van der Waals surface area contributed by atoms with Crippen molar-refractivity contribution < 1.29 is 0 Å². The van der Waals surface area contributed by atoms with Gasteiger partial charge in [-0.25, -0.2) is 9.97 Å². The van der Waals surface area contributed by atoms with Crippen molar-refractivity contribution in [2.45, 2.75) is 19.9 Å². The largest absolute Gasteiger partial charge is 0.311 e. The summed E-state index contributed by atoms with van der Waals surface area (Å²) in [5, 5.41) is 3.35. The molecule has 0 aliphatic heterocycles. The molecule has 0 radical (unpaired) electrons. The SMILES string of the molecule is CCCNCc1ccnc(-c2ccc3nccnc3c2)n1. The fourth-order valence-corrected chi connectivity index (χ4v) is 2.13. The summed E-state index contributed by atoms with van der Waals surface area (Å²) in [6.07, 6.45) is 6.30. The van der Waals surface area contributed by atoms with E-state index in [1.165, 1.54) is 0 Å². The summed E-state index contributed by atoms with van der Waals surface area (Å²) >= 11 is 0. The van der Waals surface area contributed by atoms with E-state index < -0.39 is 0 Å². The average Bonchev–Trinajstić information content (AvgIpc) is 2.55. The summed E-state index contributed by atoms with van der Waals surface area (Å²) < 4.78 is 0. The van der Waals surface area contributed by atoms with Gasteiger partial charge in [-0.05, 0) is 37.2 Å². The van der Waals surface area contributed by atoms with Gasteiger partial charge in [-0.3, -0.25) is 9.97 Å². The molecule has 2 heterocycles. The van der Waals surface area contributed by atoms with Crippen LogP contribution in [0.4, 0.5) is 0 Å². The standard InChI is InChI=1S/C16H17N5/c1-2-6-17-11-13-5-7-20-16(21-13)12-3-4-14-15(10-12)19-9-8-18-14/h3-5,7-10,17H,2,6,11H2,1H3. The van der Waals surface area contributed by atoms with Gasteiger partial charge in [0.15, 0.2) is 5.82 Å². The van der Waals surface area contributed by atoms with Crippen LogP contribution in [0.3, 0.4) is 0 Å². The molecule has 3 aromatic rings. The van der Waals surface area contributed by atoms with Gasteiger partial charge < -0.3 is 5.32 Å². The number of fused-ring (bicyclic) bond motifs is 1. The van der Waals surface area contributed by atoms with E-state index in [1.54, 1.807) is 18.6 Å². The normalized spacial score (nSPS) is 10.9. The number of benzene rings is 1. The zero-order chi connectivity index (χ0) is 14.5. The van der Waals surface area contributed by atoms with Gasteiger partial charge in [-0.2, -0.15) is 0 Å². The first kappa shape index (κ1) is 13.6. The smallest absolute Gasteiger partial charge is 0.159 e. The lowest BCUT2D eigenvalue weighted by Crippen LogP contribution is -2.15. The van der Waals surface area contributed by atoms with E-state index in [4.69, 9.17) is 0 Å². The van der Waals surface area contributed by atoms with Crippen LogP contribution in [0.5, 0.6) is 0 Å². The summed E-state index contributed by atoms with van der Waals surface area (Å²) in [6.45, 7) is 3.90. The monoisotopic (exact) mass is 279 g/mol. The number of nitrogens with zero attached hydrogens (tertiary/aromatic N) is 4. The highest BCUT2D eigenvalue weighted by Crippen LogP contribution is 2.19. The third-order valence-corrected chi connectivity index (χ3v) is 3.17. The van der Waals surface area contributed by atoms with Gasteiger partial charge in [0.2, 0.25) is 0 Å². The van der Waals surface area contributed by atoms with Crippen molar-refractivity contribution in [3.63, 3.8) is 0 Å². The Hall–Kier alpha value is -2.40. The molecule has 0 atom stereocenters. The Labute approximate surface area is 123 Å². The number of aromatic nitrogens is 4. The maximum absolute atomic E-state index is 4.60. The second kappa shape index (κ2) is 6.37. The van der Waals surface area contributed by atoms with Crippen molar-refractivity contribution in [3.05, 3.63) is 48.5 Å². The predicted octanol–water partition coefficient (Wildman–Crippen LogP) is 2.59. The maximum atomic E-state index is 4.60. The van der Waals surface area contributed by atoms with E-state index in [1.807, 2.05) is 24.3 Å². The molecule has 0 amide bonds. The molecule has 2 aromatic heterocycles. The fraction of sp³-hybridized carbons (Fsp3) is 0.250. The van der Waals surface area contributed by atoms with Gasteiger partial charge in [0.05, 0.1) is 16.7 Å². The number of rotatable bonds is 5. The molecule has 0 saturated heterocycles. The van der Waals surface area contributed by atoms with Crippen molar-refractivity contribution in [3.8, 4) is 11.4 Å². The lowest BCUT2D eigenvalue weighted by Gasteiger charge is -2.05. The van der Waals surface area contributed by atoms with Crippen LogP contribution in [0, 0.1) is 0 Å². The van der Waals surface area contributed by atoms with E-state index in [0.717, 1.165) is 47.6 Å². The Morgan fingerprint density at radius 2 is 1.81 bits per heavy atom. The van der Waals surface area contributed by atoms with Crippen LogP contribution in [0.15, 0.2) is 42.9 Å². The van der Waals surface area contributed by atoms with E-state index in [0.29, 0.717) is 0 Å². The Kier molecular flexibility index (Phi) is 4.12. The molecule has 0 bridgehead atoms. The molecule has 0 saturated carbocycles. The number of hydrogen-bond donors (Lipinski definition) is 1. The van der Waals surface area contributed by atoms with Gasteiger partial charge >= 0.3 is 0 Å². The van der Waals surface area contributed by atoms with Gasteiger partial charge in [0.25, 0.3) is 0 Å². The molecular formula is C16H17N5. The first-order chi connectivity index (χ1) is 10.4. The lowest BCUT2D eigenvalue weighted by molar-refractivity contribution is 0.663. The topological polar surface area (TPSA) is 63.6 Å². The average molecular weight is 279 g/mol. The molecule has 5 nitrogen and oxygen atoms in total. The van der Waals surface area contributed by atoms with Crippen LogP contribution in [0.25, 0.3) is 22.4 Å². The first-order valence-electron chi connectivity index (χ1n) is 7.10. The molecule has 21 heavy (non-hydrogen) atoms. The molecule has 0 aliphatic rings. The summed E-state index contributed by atoms with van der Waals surface area (Å²) in [6, 6.07) is 7.84. The van der Waals surface area contributed by atoms with Crippen LogP contribution < -0.4 is 5.32 Å². The van der Waals surface area contributed by atoms with Crippen LogP contribution >= 0.6 is 0 Å². The lowest BCUT2D eigenvalue weighted by atomic mass is 10.2. The van der Waals surface area contributed by atoms with Gasteiger partial charge in [-0.1, -0.05) is 6.92 Å². The third kappa shape index (κ3) is 3.20. The highest BCUT2D eigenvalue weighted by Gasteiger charge is 2.05. The Morgan fingerprint density at radius 3 is 2.67 bits per heavy atom. The minimum atomic E-state index is 0.721. The quantitative estimate of drug-likeness (QED) is 0.727. The van der Waals surface area contributed by atoms with Crippen LogP contribution in [-0.4, -0.2) is 26.5 Å². The second-order valence-corrected chi connectivity index (χ2v) is 4.81. The fourth-order valence-electron chi connectivity index (χ4n) is 2.13. The van der Waals surface area contributed by atoms with Crippen molar-refractivity contribution in [2.24, 2.45) is 0 Å². The Bertz CT molecular complexity index is 741. The summed E-state index contributed by atoms with van der Waals surface area (Å²) in [4.78, 5) is 17.5. The summed E-state index contributed by atoms with van der Waals surface area (Å²) in [5.74, 6) is 0.721. The molecule has 0 unspecified atom stereocenters. The second-order valence-electron chi connectivity index (χ2n) is 4.81. The molecule has 0 aliphatic carbocycles. The summed E-state index contributed by atoms with van der Waals surface area (Å²) in [7, 11) is 0. The Balaban J connectivity index is 1.89. The molecule has 1 N–H and O–H groups in total. The molecule has 0 fully saturated rings. The number of hydrogen-bond acceptors (Lipinski definition) is 5. The minimum Gasteiger partial charge on any atom is -0.311 e.